The highest BCUT2D eigenvalue weighted by Gasteiger charge is 2.26. The smallest absolute Gasteiger partial charge is 0.363 e. The zero-order chi connectivity index (χ0) is 23.4. The third kappa shape index (κ3) is 5.69. The Balaban J connectivity index is 1.59. The molecule has 0 bridgehead atoms. The van der Waals surface area contributed by atoms with E-state index in [1.807, 2.05) is 49.4 Å². The van der Waals surface area contributed by atoms with E-state index in [2.05, 4.69) is 27.6 Å². The van der Waals surface area contributed by atoms with Crippen LogP contribution in [0.1, 0.15) is 23.6 Å². The minimum absolute atomic E-state index is 0.173. The molecule has 0 fully saturated rings. The number of benzene rings is 3. The molecule has 0 saturated heterocycles. The summed E-state index contributed by atoms with van der Waals surface area (Å²) in [5, 5.41) is 1.10. The topological polar surface area (TPSA) is 57.1 Å². The highest BCUT2D eigenvalue weighted by atomic mass is 127. The van der Waals surface area contributed by atoms with Gasteiger partial charge in [0.1, 0.15) is 6.61 Å². The van der Waals surface area contributed by atoms with E-state index in [1.165, 1.54) is 0 Å². The van der Waals surface area contributed by atoms with Gasteiger partial charge < -0.3 is 14.2 Å². The minimum atomic E-state index is -0.545. The second-order valence-electron chi connectivity index (χ2n) is 6.98. The standard InChI is InChI=1S/C25H18Cl2INO4/c1-2-31-23-12-15(7-10-22(23)32-14-16-5-3-4-6-19(16)26)11-21-25(30)33-24(29-21)18-13-17(28)8-9-20(18)27/h3-13H,2,14H2,1H3/b21-11-. The fraction of sp³-hybridized carbons (Fsp3) is 0.120. The van der Waals surface area contributed by atoms with Crippen molar-refractivity contribution in [1.82, 2.24) is 0 Å². The molecule has 0 aromatic heterocycles. The van der Waals surface area contributed by atoms with Gasteiger partial charge in [-0.1, -0.05) is 47.5 Å². The molecule has 8 heteroatoms. The van der Waals surface area contributed by atoms with Crippen molar-refractivity contribution in [2.24, 2.45) is 4.99 Å². The van der Waals surface area contributed by atoms with E-state index < -0.39 is 5.97 Å². The first-order valence-corrected chi connectivity index (χ1v) is 11.9. The van der Waals surface area contributed by atoms with Gasteiger partial charge in [0.2, 0.25) is 5.90 Å². The van der Waals surface area contributed by atoms with Crippen molar-refractivity contribution in [3.8, 4) is 11.5 Å². The lowest BCUT2D eigenvalue weighted by Gasteiger charge is -2.13. The highest BCUT2D eigenvalue weighted by Crippen LogP contribution is 2.32. The molecule has 5 nitrogen and oxygen atoms in total. The number of cyclic esters (lactones) is 1. The van der Waals surface area contributed by atoms with Crippen molar-refractivity contribution < 1.29 is 19.0 Å². The average Bonchev–Trinajstić information content (AvgIpc) is 3.16. The molecule has 0 spiro atoms. The molecule has 0 unspecified atom stereocenters. The summed E-state index contributed by atoms with van der Waals surface area (Å²) in [5.41, 5.74) is 2.33. The molecular formula is C25H18Cl2INO4. The van der Waals surface area contributed by atoms with Crippen LogP contribution < -0.4 is 9.47 Å². The van der Waals surface area contributed by atoms with Gasteiger partial charge in [-0.05, 0) is 77.6 Å². The summed E-state index contributed by atoms with van der Waals surface area (Å²) in [4.78, 5) is 16.8. The zero-order valence-electron chi connectivity index (χ0n) is 17.5. The van der Waals surface area contributed by atoms with Crippen LogP contribution in [-0.4, -0.2) is 18.5 Å². The second kappa shape index (κ2) is 10.6. The number of rotatable bonds is 7. The highest BCUT2D eigenvalue weighted by molar-refractivity contribution is 14.1. The fourth-order valence-corrected chi connectivity index (χ4v) is 4.00. The van der Waals surface area contributed by atoms with Gasteiger partial charge in [-0.15, -0.1) is 0 Å². The number of hydrogen-bond acceptors (Lipinski definition) is 5. The Morgan fingerprint density at radius 2 is 1.82 bits per heavy atom. The molecule has 1 heterocycles. The number of ether oxygens (including phenoxy) is 3. The van der Waals surface area contributed by atoms with Crippen LogP contribution in [0.4, 0.5) is 0 Å². The van der Waals surface area contributed by atoms with Crippen LogP contribution >= 0.6 is 45.8 Å². The SMILES string of the molecule is CCOc1cc(/C=C2\N=C(c3cc(I)ccc3Cl)OC2=O)ccc1OCc1ccccc1Cl. The third-order valence-corrected chi connectivity index (χ3v) is 6.06. The minimum Gasteiger partial charge on any atom is -0.490 e. The summed E-state index contributed by atoms with van der Waals surface area (Å²) < 4.78 is 18.0. The number of esters is 1. The first-order chi connectivity index (χ1) is 15.9. The normalized spacial score (nSPS) is 14.2. The van der Waals surface area contributed by atoms with Crippen molar-refractivity contribution >= 4 is 63.7 Å². The summed E-state index contributed by atoms with van der Waals surface area (Å²) in [6.45, 7) is 2.65. The number of carbonyl (C=O) groups is 1. The van der Waals surface area contributed by atoms with E-state index >= 15 is 0 Å². The van der Waals surface area contributed by atoms with E-state index in [9.17, 15) is 4.79 Å². The Kier molecular flexibility index (Phi) is 7.57. The first kappa shape index (κ1) is 23.6. The molecule has 3 aromatic rings. The van der Waals surface area contributed by atoms with E-state index in [1.54, 1.807) is 24.3 Å². The molecule has 0 atom stereocenters. The molecule has 0 saturated carbocycles. The van der Waals surface area contributed by atoms with Gasteiger partial charge in [0.05, 0.1) is 17.2 Å². The van der Waals surface area contributed by atoms with Crippen LogP contribution in [0.3, 0.4) is 0 Å². The van der Waals surface area contributed by atoms with Crippen molar-refractivity contribution in [1.29, 1.82) is 0 Å². The summed E-state index contributed by atoms with van der Waals surface area (Å²) in [7, 11) is 0. The van der Waals surface area contributed by atoms with E-state index in [0.29, 0.717) is 45.9 Å². The van der Waals surface area contributed by atoms with Gasteiger partial charge in [0.15, 0.2) is 17.2 Å². The predicted octanol–water partition coefficient (Wildman–Crippen LogP) is 6.92. The Morgan fingerprint density at radius 3 is 2.61 bits per heavy atom. The number of halogens is 3. The summed E-state index contributed by atoms with van der Waals surface area (Å²) in [6, 6.07) is 18.3. The van der Waals surface area contributed by atoms with Crippen molar-refractivity contribution in [2.75, 3.05) is 6.61 Å². The largest absolute Gasteiger partial charge is 0.490 e. The molecule has 0 aliphatic carbocycles. The number of carbonyl (C=O) groups excluding carboxylic acids is 1. The number of nitrogens with zero attached hydrogens (tertiary/aromatic N) is 1. The van der Waals surface area contributed by atoms with Crippen LogP contribution in [0.2, 0.25) is 10.0 Å². The monoisotopic (exact) mass is 593 g/mol. The van der Waals surface area contributed by atoms with Crippen LogP contribution in [0.25, 0.3) is 6.08 Å². The van der Waals surface area contributed by atoms with E-state index in [4.69, 9.17) is 37.4 Å². The van der Waals surface area contributed by atoms with Gasteiger partial charge in [-0.3, -0.25) is 0 Å². The summed E-state index contributed by atoms with van der Waals surface area (Å²) in [5.74, 6) is 0.759. The van der Waals surface area contributed by atoms with Gasteiger partial charge in [-0.2, -0.15) is 0 Å². The van der Waals surface area contributed by atoms with Crippen molar-refractivity contribution in [2.45, 2.75) is 13.5 Å². The molecule has 0 amide bonds. The number of aliphatic imine (C=N–C) groups is 1. The number of hydrogen-bond donors (Lipinski definition) is 0. The van der Waals surface area contributed by atoms with Crippen LogP contribution in [0.5, 0.6) is 11.5 Å². The molecule has 1 aliphatic heterocycles. The maximum absolute atomic E-state index is 12.4. The van der Waals surface area contributed by atoms with Gasteiger partial charge in [0, 0.05) is 14.2 Å². The predicted molar refractivity (Wildman–Crippen MR) is 138 cm³/mol. The quantitative estimate of drug-likeness (QED) is 0.169. The maximum atomic E-state index is 12.4. The first-order valence-electron chi connectivity index (χ1n) is 10.1. The van der Waals surface area contributed by atoms with Gasteiger partial charge >= 0.3 is 5.97 Å². The second-order valence-corrected chi connectivity index (χ2v) is 9.04. The molecule has 168 valence electrons. The molecule has 33 heavy (non-hydrogen) atoms. The van der Waals surface area contributed by atoms with Gasteiger partial charge in [-0.25, -0.2) is 9.79 Å². The Hall–Kier alpha value is -2.55. The lowest BCUT2D eigenvalue weighted by Crippen LogP contribution is -2.06. The Labute approximate surface area is 215 Å². The average molecular weight is 594 g/mol. The van der Waals surface area contributed by atoms with E-state index in [0.717, 1.165) is 9.13 Å². The van der Waals surface area contributed by atoms with Gasteiger partial charge in [0.25, 0.3) is 0 Å². The maximum Gasteiger partial charge on any atom is 0.363 e. The molecule has 0 radical (unpaired) electrons. The zero-order valence-corrected chi connectivity index (χ0v) is 21.1. The molecular weight excluding hydrogens is 576 g/mol. The molecule has 4 rings (SSSR count). The van der Waals surface area contributed by atoms with Crippen molar-refractivity contribution in [3.05, 3.63) is 96.7 Å². The Bertz CT molecular complexity index is 1270. The molecule has 0 N–H and O–H groups in total. The van der Waals surface area contributed by atoms with E-state index in [-0.39, 0.29) is 11.6 Å². The lowest BCUT2D eigenvalue weighted by atomic mass is 10.1. The van der Waals surface area contributed by atoms with Crippen molar-refractivity contribution in [3.63, 3.8) is 0 Å². The molecule has 1 aliphatic rings. The fourth-order valence-electron chi connectivity index (χ4n) is 3.12. The molecule has 3 aromatic carbocycles. The lowest BCUT2D eigenvalue weighted by molar-refractivity contribution is -0.129. The third-order valence-electron chi connectivity index (χ3n) is 4.69. The summed E-state index contributed by atoms with van der Waals surface area (Å²) >= 11 is 14.6. The van der Waals surface area contributed by atoms with Crippen LogP contribution in [-0.2, 0) is 16.1 Å². The Morgan fingerprint density at radius 1 is 1.00 bits per heavy atom. The van der Waals surface area contributed by atoms with Crippen LogP contribution in [0, 0.1) is 3.57 Å². The summed E-state index contributed by atoms with van der Waals surface area (Å²) in [6.07, 6.45) is 1.64. The van der Waals surface area contributed by atoms with Crippen LogP contribution in [0.15, 0.2) is 71.4 Å².